The molecule has 4 heteroatoms. The molecule has 0 saturated heterocycles. The van der Waals surface area contributed by atoms with E-state index in [0.29, 0.717) is 31.3 Å². The Balaban J connectivity index is 2.62. The van der Waals surface area contributed by atoms with Crippen molar-refractivity contribution in [1.82, 2.24) is 0 Å². The highest BCUT2D eigenvalue weighted by Gasteiger charge is 2.50. The van der Waals surface area contributed by atoms with E-state index in [1.807, 2.05) is 6.92 Å². The third-order valence-electron chi connectivity index (χ3n) is 3.89. The molecular weight excluding hydrogens is 208 g/mol. The van der Waals surface area contributed by atoms with E-state index in [9.17, 15) is 14.4 Å². The van der Waals surface area contributed by atoms with Crippen molar-refractivity contribution >= 4 is 17.5 Å². The zero-order chi connectivity index (χ0) is 11.9. The van der Waals surface area contributed by atoms with Crippen molar-refractivity contribution in [2.75, 3.05) is 0 Å². The minimum Gasteiger partial charge on any atom is -0.478 e. The Kier molecular flexibility index (Phi) is 2.45. The molecule has 1 atom stereocenters. The van der Waals surface area contributed by atoms with Gasteiger partial charge in [0.05, 0.1) is 5.41 Å². The second-order valence-electron chi connectivity index (χ2n) is 4.44. The Labute approximate surface area is 93.3 Å². The van der Waals surface area contributed by atoms with Gasteiger partial charge in [-0.2, -0.15) is 0 Å². The van der Waals surface area contributed by atoms with Crippen LogP contribution in [0.1, 0.15) is 39.0 Å². The van der Waals surface area contributed by atoms with Gasteiger partial charge in [-0.15, -0.1) is 0 Å². The maximum Gasteiger partial charge on any atom is 0.339 e. The molecule has 86 valence electrons. The molecule has 2 aliphatic carbocycles. The van der Waals surface area contributed by atoms with Gasteiger partial charge in [0.1, 0.15) is 11.4 Å². The summed E-state index contributed by atoms with van der Waals surface area (Å²) in [6.07, 6.45) is 2.11. The van der Waals surface area contributed by atoms with E-state index in [-0.39, 0.29) is 23.6 Å². The zero-order valence-electron chi connectivity index (χ0n) is 9.21. The lowest BCUT2D eigenvalue weighted by atomic mass is 9.69. The van der Waals surface area contributed by atoms with Crippen LogP contribution in [0, 0.1) is 5.41 Å². The molecule has 0 aromatic rings. The second kappa shape index (κ2) is 3.54. The first kappa shape index (κ1) is 11.0. The predicted octanol–water partition coefficient (Wildman–Crippen LogP) is 1.49. The number of carbonyl (C=O) groups is 3. The van der Waals surface area contributed by atoms with E-state index in [4.69, 9.17) is 5.11 Å². The molecule has 2 aliphatic rings. The van der Waals surface area contributed by atoms with Crippen molar-refractivity contribution < 1.29 is 19.5 Å². The number of carbonyl (C=O) groups excluding carboxylic acids is 2. The van der Waals surface area contributed by atoms with Crippen LogP contribution in [0.5, 0.6) is 0 Å². The maximum atomic E-state index is 11.9. The Bertz CT molecular complexity index is 419. The first-order chi connectivity index (χ1) is 7.53. The minimum atomic E-state index is -1.17. The van der Waals surface area contributed by atoms with Gasteiger partial charge in [0.15, 0.2) is 5.78 Å². The summed E-state index contributed by atoms with van der Waals surface area (Å²) in [6, 6.07) is 0. The van der Waals surface area contributed by atoms with Crippen LogP contribution in [0.25, 0.3) is 0 Å². The predicted molar refractivity (Wildman–Crippen MR) is 55.9 cm³/mol. The van der Waals surface area contributed by atoms with Crippen molar-refractivity contribution in [3.05, 3.63) is 11.1 Å². The summed E-state index contributed by atoms with van der Waals surface area (Å²) in [6.45, 7) is 1.89. The molecule has 0 heterocycles. The molecule has 0 aliphatic heterocycles. The van der Waals surface area contributed by atoms with Crippen molar-refractivity contribution in [2.24, 2.45) is 5.41 Å². The highest BCUT2D eigenvalue weighted by atomic mass is 16.4. The van der Waals surface area contributed by atoms with Gasteiger partial charge in [-0.1, -0.05) is 6.92 Å². The van der Waals surface area contributed by atoms with Gasteiger partial charge in [0.2, 0.25) is 0 Å². The third-order valence-corrected chi connectivity index (χ3v) is 3.89. The highest BCUT2D eigenvalue weighted by molar-refractivity contribution is 6.19. The van der Waals surface area contributed by atoms with Crippen LogP contribution < -0.4 is 0 Å². The Morgan fingerprint density at radius 1 is 1.31 bits per heavy atom. The van der Waals surface area contributed by atoms with Gasteiger partial charge in [-0.3, -0.25) is 9.59 Å². The van der Waals surface area contributed by atoms with E-state index in [0.717, 1.165) is 0 Å². The fraction of sp³-hybridized carbons (Fsp3) is 0.583. The average Bonchev–Trinajstić information content (AvgIpc) is 2.56. The molecule has 0 bridgehead atoms. The van der Waals surface area contributed by atoms with Crippen LogP contribution in [-0.4, -0.2) is 22.6 Å². The summed E-state index contributed by atoms with van der Waals surface area (Å²) in [5, 5.41) is 9.06. The number of hydrogen-bond donors (Lipinski definition) is 1. The molecule has 1 N–H and O–H groups in total. The van der Waals surface area contributed by atoms with E-state index < -0.39 is 11.4 Å². The van der Waals surface area contributed by atoms with Crippen molar-refractivity contribution in [2.45, 2.75) is 39.0 Å². The van der Waals surface area contributed by atoms with Gasteiger partial charge < -0.3 is 5.11 Å². The molecule has 0 amide bonds. The van der Waals surface area contributed by atoms with E-state index in [1.54, 1.807) is 0 Å². The molecule has 1 fully saturated rings. The molecule has 0 unspecified atom stereocenters. The number of aliphatic carboxylic acids is 1. The lowest BCUT2D eigenvalue weighted by Crippen LogP contribution is -2.34. The van der Waals surface area contributed by atoms with Gasteiger partial charge in [-0.25, -0.2) is 4.79 Å². The lowest BCUT2D eigenvalue weighted by molar-refractivity contribution is -0.135. The first-order valence-electron chi connectivity index (χ1n) is 5.56. The SMILES string of the molecule is CC[C@]12CCC(=O)C(C(=O)O)=C1CCC2=O. The number of allylic oxidation sites excluding steroid dienone is 1. The standard InChI is InChI=1S/C12H14O4/c1-2-12-6-5-8(13)10(11(15)16)7(12)3-4-9(12)14/h2-6H2,1H3,(H,15,16)/t12-/m0/s1. The average molecular weight is 222 g/mol. The molecule has 1 saturated carbocycles. The topological polar surface area (TPSA) is 71.4 Å². The molecule has 2 rings (SSSR count). The summed E-state index contributed by atoms with van der Waals surface area (Å²) < 4.78 is 0. The number of fused-ring (bicyclic) bond motifs is 1. The summed E-state index contributed by atoms with van der Waals surface area (Å²) in [5.74, 6) is -1.38. The fourth-order valence-electron chi connectivity index (χ4n) is 3.00. The number of Topliss-reactive ketones (excluding diaryl/α,β-unsaturated/α-hetero) is 2. The van der Waals surface area contributed by atoms with Crippen LogP contribution in [0.3, 0.4) is 0 Å². The summed E-state index contributed by atoms with van der Waals surface area (Å²) in [5.41, 5.74) is -0.163. The Morgan fingerprint density at radius 3 is 2.56 bits per heavy atom. The van der Waals surface area contributed by atoms with Crippen LogP contribution in [0.4, 0.5) is 0 Å². The highest BCUT2D eigenvalue weighted by Crippen LogP contribution is 2.50. The first-order valence-corrected chi connectivity index (χ1v) is 5.56. The largest absolute Gasteiger partial charge is 0.478 e. The van der Waals surface area contributed by atoms with Gasteiger partial charge >= 0.3 is 5.97 Å². The number of rotatable bonds is 2. The van der Waals surface area contributed by atoms with Gasteiger partial charge in [-0.05, 0) is 24.8 Å². The smallest absolute Gasteiger partial charge is 0.339 e. The van der Waals surface area contributed by atoms with Crippen molar-refractivity contribution in [3.63, 3.8) is 0 Å². The number of hydrogen-bond acceptors (Lipinski definition) is 3. The second-order valence-corrected chi connectivity index (χ2v) is 4.44. The Hall–Kier alpha value is -1.45. The maximum absolute atomic E-state index is 11.9. The molecule has 0 radical (unpaired) electrons. The number of carboxylic acid groups (broad SMARTS) is 1. The molecule has 0 aromatic carbocycles. The summed E-state index contributed by atoms with van der Waals surface area (Å²) in [4.78, 5) is 34.6. The quantitative estimate of drug-likeness (QED) is 0.718. The van der Waals surface area contributed by atoms with Crippen molar-refractivity contribution in [1.29, 1.82) is 0 Å². The van der Waals surface area contributed by atoms with Crippen LogP contribution >= 0.6 is 0 Å². The van der Waals surface area contributed by atoms with Crippen LogP contribution in [0.15, 0.2) is 11.1 Å². The fourth-order valence-corrected chi connectivity index (χ4v) is 3.00. The summed E-state index contributed by atoms with van der Waals surface area (Å²) in [7, 11) is 0. The lowest BCUT2D eigenvalue weighted by Gasteiger charge is -2.32. The van der Waals surface area contributed by atoms with Gasteiger partial charge in [0, 0.05) is 12.8 Å². The van der Waals surface area contributed by atoms with E-state index in [1.165, 1.54) is 0 Å². The Morgan fingerprint density at radius 2 is 2.00 bits per heavy atom. The van der Waals surface area contributed by atoms with E-state index in [2.05, 4.69) is 0 Å². The minimum absolute atomic E-state index is 0.108. The number of carboxylic acids is 1. The van der Waals surface area contributed by atoms with Gasteiger partial charge in [0.25, 0.3) is 0 Å². The normalized spacial score (nSPS) is 29.6. The van der Waals surface area contributed by atoms with Crippen LogP contribution in [-0.2, 0) is 14.4 Å². The third kappa shape index (κ3) is 1.25. The summed E-state index contributed by atoms with van der Waals surface area (Å²) >= 11 is 0. The monoisotopic (exact) mass is 222 g/mol. The molecular formula is C12H14O4. The van der Waals surface area contributed by atoms with Crippen LogP contribution in [0.2, 0.25) is 0 Å². The molecule has 0 spiro atoms. The number of ketones is 2. The van der Waals surface area contributed by atoms with Crippen molar-refractivity contribution in [3.8, 4) is 0 Å². The zero-order valence-corrected chi connectivity index (χ0v) is 9.21. The molecule has 4 nitrogen and oxygen atoms in total. The molecule has 16 heavy (non-hydrogen) atoms. The molecule has 0 aromatic heterocycles. The van der Waals surface area contributed by atoms with E-state index >= 15 is 0 Å².